The van der Waals surface area contributed by atoms with Gasteiger partial charge in [-0.1, -0.05) is 41.9 Å². The first-order chi connectivity index (χ1) is 10.6. The van der Waals surface area contributed by atoms with Crippen molar-refractivity contribution in [2.75, 3.05) is 6.54 Å². The van der Waals surface area contributed by atoms with Gasteiger partial charge >= 0.3 is 0 Å². The van der Waals surface area contributed by atoms with E-state index in [9.17, 15) is 4.79 Å². The highest BCUT2D eigenvalue weighted by Crippen LogP contribution is 2.16. The van der Waals surface area contributed by atoms with Crippen LogP contribution in [0.3, 0.4) is 0 Å². The van der Waals surface area contributed by atoms with Gasteiger partial charge in [-0.25, -0.2) is 4.98 Å². The molecule has 2 heterocycles. The molecule has 2 aromatic heterocycles. The summed E-state index contributed by atoms with van der Waals surface area (Å²) in [7, 11) is 0. The Morgan fingerprint density at radius 2 is 2.00 bits per heavy atom. The number of amides is 1. The minimum atomic E-state index is -0.136. The van der Waals surface area contributed by atoms with Gasteiger partial charge in [0.15, 0.2) is 0 Å². The van der Waals surface area contributed by atoms with Gasteiger partial charge in [0.1, 0.15) is 11.3 Å². The Balaban J connectivity index is 1.75. The monoisotopic (exact) mass is 313 g/mol. The highest BCUT2D eigenvalue weighted by molar-refractivity contribution is 6.30. The highest BCUT2D eigenvalue weighted by Gasteiger charge is 2.16. The van der Waals surface area contributed by atoms with Crippen molar-refractivity contribution in [1.29, 1.82) is 0 Å². The number of pyridine rings is 1. The predicted molar refractivity (Wildman–Crippen MR) is 87.4 cm³/mol. The highest BCUT2D eigenvalue weighted by atomic mass is 35.5. The third-order valence-corrected chi connectivity index (χ3v) is 3.74. The maximum atomic E-state index is 12.4. The van der Waals surface area contributed by atoms with Gasteiger partial charge in [-0.15, -0.1) is 0 Å². The predicted octanol–water partition coefficient (Wildman–Crippen LogP) is 3.27. The van der Waals surface area contributed by atoms with Crippen LogP contribution in [0.15, 0.2) is 48.7 Å². The van der Waals surface area contributed by atoms with Gasteiger partial charge in [0, 0.05) is 12.7 Å². The molecule has 22 heavy (non-hydrogen) atoms. The Bertz CT molecular complexity index is 811. The molecule has 1 aromatic carbocycles. The van der Waals surface area contributed by atoms with Crippen LogP contribution in [0.1, 0.15) is 21.7 Å². The molecule has 4 nitrogen and oxygen atoms in total. The number of nitrogens with one attached hydrogen (secondary N) is 1. The van der Waals surface area contributed by atoms with Crippen molar-refractivity contribution in [1.82, 2.24) is 14.7 Å². The quantitative estimate of drug-likeness (QED) is 0.803. The molecule has 0 radical (unpaired) electrons. The van der Waals surface area contributed by atoms with Crippen LogP contribution >= 0.6 is 11.6 Å². The first kappa shape index (κ1) is 14.6. The van der Waals surface area contributed by atoms with E-state index in [1.165, 1.54) is 5.56 Å². The van der Waals surface area contributed by atoms with E-state index < -0.39 is 0 Å². The van der Waals surface area contributed by atoms with Gasteiger partial charge in [0.05, 0.1) is 10.7 Å². The van der Waals surface area contributed by atoms with E-state index in [-0.39, 0.29) is 5.91 Å². The largest absolute Gasteiger partial charge is 0.350 e. The number of benzene rings is 1. The molecular formula is C17H16ClN3O. The van der Waals surface area contributed by atoms with E-state index in [4.69, 9.17) is 11.6 Å². The van der Waals surface area contributed by atoms with E-state index in [2.05, 4.69) is 10.3 Å². The fourth-order valence-corrected chi connectivity index (χ4v) is 2.62. The standard InChI is InChI=1S/C17H16ClN3O/c1-12-16(21-11-14(18)7-8-15(21)20-12)17(22)19-10-9-13-5-3-2-4-6-13/h2-8,11H,9-10H2,1H3,(H,19,22). The number of nitrogens with zero attached hydrogens (tertiary/aromatic N) is 2. The lowest BCUT2D eigenvalue weighted by atomic mass is 10.1. The molecule has 0 unspecified atom stereocenters. The molecule has 0 atom stereocenters. The molecular weight excluding hydrogens is 298 g/mol. The lowest BCUT2D eigenvalue weighted by molar-refractivity contribution is 0.0947. The lowest BCUT2D eigenvalue weighted by Gasteiger charge is -2.06. The first-order valence-electron chi connectivity index (χ1n) is 7.11. The SMILES string of the molecule is Cc1nc2ccc(Cl)cn2c1C(=O)NCCc1ccccc1. The van der Waals surface area contributed by atoms with Gasteiger partial charge in [-0.3, -0.25) is 9.20 Å². The zero-order valence-corrected chi connectivity index (χ0v) is 13.0. The van der Waals surface area contributed by atoms with Crippen LogP contribution in [0.2, 0.25) is 5.02 Å². The average Bonchev–Trinajstić information content (AvgIpc) is 2.83. The zero-order valence-electron chi connectivity index (χ0n) is 12.2. The molecule has 0 spiro atoms. The number of carbonyl (C=O) groups excluding carboxylic acids is 1. The normalized spacial score (nSPS) is 10.8. The van der Waals surface area contributed by atoms with Gasteiger partial charge in [-0.05, 0) is 31.0 Å². The minimum Gasteiger partial charge on any atom is -0.350 e. The smallest absolute Gasteiger partial charge is 0.270 e. The van der Waals surface area contributed by atoms with Crippen molar-refractivity contribution in [3.05, 3.63) is 70.6 Å². The number of carbonyl (C=O) groups is 1. The molecule has 0 aliphatic rings. The fraction of sp³-hybridized carbons (Fsp3) is 0.176. The van der Waals surface area contributed by atoms with Gasteiger partial charge < -0.3 is 5.32 Å². The molecule has 0 bridgehead atoms. The maximum absolute atomic E-state index is 12.4. The van der Waals surface area contributed by atoms with Crippen LogP contribution in [0.5, 0.6) is 0 Å². The number of halogens is 1. The van der Waals surface area contributed by atoms with E-state index in [0.29, 0.717) is 23.0 Å². The Hall–Kier alpha value is -2.33. The van der Waals surface area contributed by atoms with Crippen molar-refractivity contribution in [3.8, 4) is 0 Å². The fourth-order valence-electron chi connectivity index (χ4n) is 2.46. The summed E-state index contributed by atoms with van der Waals surface area (Å²) in [5.41, 5.74) is 3.14. The Kier molecular flexibility index (Phi) is 4.11. The van der Waals surface area contributed by atoms with Gasteiger partial charge in [0.25, 0.3) is 5.91 Å². The molecule has 1 amide bonds. The van der Waals surface area contributed by atoms with Gasteiger partial charge in [-0.2, -0.15) is 0 Å². The van der Waals surface area contributed by atoms with Crippen LogP contribution in [0, 0.1) is 6.92 Å². The number of hydrogen-bond acceptors (Lipinski definition) is 2. The Morgan fingerprint density at radius 1 is 1.23 bits per heavy atom. The zero-order chi connectivity index (χ0) is 15.5. The minimum absolute atomic E-state index is 0.136. The number of rotatable bonds is 4. The van der Waals surface area contributed by atoms with Crippen LogP contribution in [-0.2, 0) is 6.42 Å². The van der Waals surface area contributed by atoms with E-state index in [1.807, 2.05) is 37.3 Å². The third-order valence-electron chi connectivity index (χ3n) is 3.51. The molecule has 3 rings (SSSR count). The molecule has 0 fully saturated rings. The molecule has 0 saturated heterocycles. The van der Waals surface area contributed by atoms with Crippen molar-refractivity contribution in [2.24, 2.45) is 0 Å². The summed E-state index contributed by atoms with van der Waals surface area (Å²) in [5.74, 6) is -0.136. The number of imidazole rings is 1. The lowest BCUT2D eigenvalue weighted by Crippen LogP contribution is -2.27. The van der Waals surface area contributed by atoms with Crippen molar-refractivity contribution >= 4 is 23.2 Å². The van der Waals surface area contributed by atoms with Crippen LogP contribution in [0.25, 0.3) is 5.65 Å². The number of aryl methyl sites for hydroxylation is 1. The summed E-state index contributed by atoms with van der Waals surface area (Å²) in [6, 6.07) is 13.6. The maximum Gasteiger partial charge on any atom is 0.270 e. The van der Waals surface area contributed by atoms with E-state index in [0.717, 1.165) is 12.1 Å². The van der Waals surface area contributed by atoms with Gasteiger partial charge in [0.2, 0.25) is 0 Å². The van der Waals surface area contributed by atoms with E-state index >= 15 is 0 Å². The summed E-state index contributed by atoms with van der Waals surface area (Å²) < 4.78 is 1.73. The second-order valence-corrected chi connectivity index (χ2v) is 5.55. The molecule has 0 aliphatic heterocycles. The second kappa shape index (κ2) is 6.20. The third kappa shape index (κ3) is 2.97. The van der Waals surface area contributed by atoms with E-state index in [1.54, 1.807) is 22.7 Å². The molecule has 112 valence electrons. The van der Waals surface area contributed by atoms with Crippen molar-refractivity contribution < 1.29 is 4.79 Å². The molecule has 1 N–H and O–H groups in total. The molecule has 3 aromatic rings. The molecule has 5 heteroatoms. The molecule has 0 aliphatic carbocycles. The average molecular weight is 314 g/mol. The van der Waals surface area contributed by atoms with Crippen molar-refractivity contribution in [3.63, 3.8) is 0 Å². The van der Waals surface area contributed by atoms with Crippen LogP contribution in [0.4, 0.5) is 0 Å². The Labute approximate surface area is 133 Å². The summed E-state index contributed by atoms with van der Waals surface area (Å²) in [6.07, 6.45) is 2.51. The summed E-state index contributed by atoms with van der Waals surface area (Å²) in [5, 5.41) is 3.52. The summed E-state index contributed by atoms with van der Waals surface area (Å²) in [4.78, 5) is 16.8. The number of fused-ring (bicyclic) bond motifs is 1. The number of hydrogen-bond donors (Lipinski definition) is 1. The molecule has 0 saturated carbocycles. The van der Waals surface area contributed by atoms with Crippen LogP contribution < -0.4 is 5.32 Å². The summed E-state index contributed by atoms with van der Waals surface area (Å²) in [6.45, 7) is 2.41. The Morgan fingerprint density at radius 3 is 2.77 bits per heavy atom. The van der Waals surface area contributed by atoms with Crippen molar-refractivity contribution in [2.45, 2.75) is 13.3 Å². The second-order valence-electron chi connectivity index (χ2n) is 5.11. The van der Waals surface area contributed by atoms with Crippen LogP contribution in [-0.4, -0.2) is 21.8 Å². The first-order valence-corrected chi connectivity index (χ1v) is 7.49. The number of aromatic nitrogens is 2. The topological polar surface area (TPSA) is 46.4 Å². The summed E-state index contributed by atoms with van der Waals surface area (Å²) >= 11 is 6.01.